The van der Waals surface area contributed by atoms with E-state index in [1.807, 2.05) is 20.8 Å². The molecule has 4 heteroatoms. The van der Waals surface area contributed by atoms with E-state index in [1.165, 1.54) is 43.4 Å². The minimum absolute atomic E-state index is 0.116. The molecule has 0 spiro atoms. The molecule has 0 saturated carbocycles. The Morgan fingerprint density at radius 3 is 2.00 bits per heavy atom. The van der Waals surface area contributed by atoms with Gasteiger partial charge in [0.15, 0.2) is 0 Å². The van der Waals surface area contributed by atoms with E-state index in [-0.39, 0.29) is 6.54 Å². The van der Waals surface area contributed by atoms with E-state index in [2.05, 4.69) is 6.92 Å². The van der Waals surface area contributed by atoms with Crippen LogP contribution < -0.4 is 0 Å². The van der Waals surface area contributed by atoms with Gasteiger partial charge in [0.05, 0.1) is 6.54 Å². The van der Waals surface area contributed by atoms with Gasteiger partial charge in [0, 0.05) is 6.54 Å². The monoisotopic (exact) mass is 299 g/mol. The van der Waals surface area contributed by atoms with Crippen LogP contribution >= 0.6 is 0 Å². The number of carbonyl (C=O) groups excluding carboxylic acids is 2. The molecule has 0 aromatic carbocycles. The maximum Gasteiger partial charge on any atom is 0.410 e. The number of carbonyl (C=O) groups is 2. The quantitative estimate of drug-likeness (QED) is 0.415. The summed E-state index contributed by atoms with van der Waals surface area (Å²) in [7, 11) is 0. The van der Waals surface area contributed by atoms with Gasteiger partial charge in [-0.15, -0.1) is 0 Å². The molecule has 0 saturated heterocycles. The lowest BCUT2D eigenvalue weighted by molar-refractivity contribution is -0.109. The predicted molar refractivity (Wildman–Crippen MR) is 86.5 cm³/mol. The minimum Gasteiger partial charge on any atom is -0.444 e. The second-order valence-corrected chi connectivity index (χ2v) is 6.57. The number of rotatable bonds is 11. The maximum atomic E-state index is 11.9. The first-order valence-corrected chi connectivity index (χ1v) is 8.32. The first-order valence-electron chi connectivity index (χ1n) is 8.32. The molecule has 1 amide bonds. The minimum atomic E-state index is -0.516. The van der Waals surface area contributed by atoms with Crippen molar-refractivity contribution in [3.05, 3.63) is 0 Å². The Labute approximate surface area is 130 Å². The standard InChI is InChI=1S/C17H33NO3/c1-5-6-7-8-9-10-11-12-13-18(14-15-19)16(20)21-17(2,3)4/h15H,5-14H2,1-4H3. The van der Waals surface area contributed by atoms with Crippen molar-refractivity contribution in [1.82, 2.24) is 4.90 Å². The molecule has 0 aliphatic carbocycles. The van der Waals surface area contributed by atoms with Crippen molar-refractivity contribution in [3.8, 4) is 0 Å². The van der Waals surface area contributed by atoms with E-state index >= 15 is 0 Å². The second-order valence-electron chi connectivity index (χ2n) is 6.57. The normalized spacial score (nSPS) is 11.2. The van der Waals surface area contributed by atoms with E-state index in [4.69, 9.17) is 4.74 Å². The van der Waals surface area contributed by atoms with Crippen molar-refractivity contribution >= 4 is 12.4 Å². The zero-order valence-electron chi connectivity index (χ0n) is 14.3. The lowest BCUT2D eigenvalue weighted by Crippen LogP contribution is -2.38. The Hall–Kier alpha value is -1.06. The van der Waals surface area contributed by atoms with E-state index in [9.17, 15) is 9.59 Å². The third-order valence-electron chi connectivity index (χ3n) is 3.23. The number of amides is 1. The molecule has 0 rings (SSSR count). The van der Waals surface area contributed by atoms with Crippen molar-refractivity contribution in [1.29, 1.82) is 0 Å². The van der Waals surface area contributed by atoms with Crippen molar-refractivity contribution in [2.24, 2.45) is 0 Å². The van der Waals surface area contributed by atoms with Crippen LogP contribution in [-0.4, -0.2) is 36.0 Å². The molecule has 0 radical (unpaired) electrons. The fourth-order valence-electron chi connectivity index (χ4n) is 2.11. The molecule has 124 valence electrons. The van der Waals surface area contributed by atoms with Gasteiger partial charge in [-0.05, 0) is 27.2 Å². The molecule has 4 nitrogen and oxygen atoms in total. The molecule has 0 bridgehead atoms. The number of ether oxygens (including phenoxy) is 1. The Bertz CT molecular complexity index is 284. The molecule has 0 heterocycles. The van der Waals surface area contributed by atoms with Crippen LogP contribution in [0.15, 0.2) is 0 Å². The van der Waals surface area contributed by atoms with Crippen LogP contribution in [0.3, 0.4) is 0 Å². The lowest BCUT2D eigenvalue weighted by atomic mass is 10.1. The number of hydrogen-bond donors (Lipinski definition) is 0. The largest absolute Gasteiger partial charge is 0.444 e. The molecule has 0 fully saturated rings. The second kappa shape index (κ2) is 11.6. The van der Waals surface area contributed by atoms with Crippen molar-refractivity contribution < 1.29 is 14.3 Å². The molecular formula is C17H33NO3. The number of hydrogen-bond acceptors (Lipinski definition) is 3. The summed E-state index contributed by atoms with van der Waals surface area (Å²) in [5.41, 5.74) is -0.516. The average Bonchev–Trinajstić information content (AvgIpc) is 2.38. The molecule has 21 heavy (non-hydrogen) atoms. The van der Waals surface area contributed by atoms with Crippen LogP contribution in [0.5, 0.6) is 0 Å². The van der Waals surface area contributed by atoms with Gasteiger partial charge in [-0.1, -0.05) is 51.9 Å². The average molecular weight is 299 g/mol. The van der Waals surface area contributed by atoms with E-state index in [1.54, 1.807) is 0 Å². The van der Waals surface area contributed by atoms with E-state index < -0.39 is 11.7 Å². The highest BCUT2D eigenvalue weighted by Gasteiger charge is 2.21. The highest BCUT2D eigenvalue weighted by atomic mass is 16.6. The van der Waals surface area contributed by atoms with Crippen LogP contribution in [0.2, 0.25) is 0 Å². The third kappa shape index (κ3) is 12.4. The lowest BCUT2D eigenvalue weighted by Gasteiger charge is -2.26. The molecule has 0 atom stereocenters. The van der Waals surface area contributed by atoms with Gasteiger partial charge >= 0.3 is 6.09 Å². The summed E-state index contributed by atoms with van der Waals surface area (Å²) in [5, 5.41) is 0. The van der Waals surface area contributed by atoms with Crippen LogP contribution in [-0.2, 0) is 9.53 Å². The predicted octanol–water partition coefficient (Wildman–Crippen LogP) is 4.56. The summed E-state index contributed by atoms with van der Waals surface area (Å²) in [6.45, 7) is 8.44. The van der Waals surface area contributed by atoms with Crippen LogP contribution in [0.1, 0.15) is 79.1 Å². The number of unbranched alkanes of at least 4 members (excludes halogenated alkanes) is 7. The summed E-state index contributed by atoms with van der Waals surface area (Å²) in [6.07, 6.45) is 10.1. The van der Waals surface area contributed by atoms with Gasteiger partial charge in [-0.3, -0.25) is 0 Å². The smallest absolute Gasteiger partial charge is 0.410 e. The maximum absolute atomic E-state index is 11.9. The molecule has 0 aromatic rings. The third-order valence-corrected chi connectivity index (χ3v) is 3.23. The summed E-state index contributed by atoms with van der Waals surface area (Å²) in [5.74, 6) is 0. The summed E-state index contributed by atoms with van der Waals surface area (Å²) < 4.78 is 5.30. The Morgan fingerprint density at radius 2 is 1.52 bits per heavy atom. The zero-order valence-corrected chi connectivity index (χ0v) is 14.3. The number of nitrogens with zero attached hydrogens (tertiary/aromatic N) is 1. The van der Waals surface area contributed by atoms with Gasteiger partial charge in [0.2, 0.25) is 0 Å². The molecule has 0 aliphatic heterocycles. The summed E-state index contributed by atoms with van der Waals surface area (Å²) in [6, 6.07) is 0. The van der Waals surface area contributed by atoms with Crippen LogP contribution in [0, 0.1) is 0 Å². The number of aldehydes is 1. The molecular weight excluding hydrogens is 266 g/mol. The van der Waals surface area contributed by atoms with Gasteiger partial charge in [0.1, 0.15) is 11.9 Å². The van der Waals surface area contributed by atoms with Gasteiger partial charge in [-0.2, -0.15) is 0 Å². The van der Waals surface area contributed by atoms with Crippen molar-refractivity contribution in [2.45, 2.75) is 84.7 Å². The van der Waals surface area contributed by atoms with Crippen LogP contribution in [0.4, 0.5) is 4.79 Å². The Balaban J connectivity index is 3.84. The first kappa shape index (κ1) is 19.9. The van der Waals surface area contributed by atoms with Crippen molar-refractivity contribution in [3.63, 3.8) is 0 Å². The van der Waals surface area contributed by atoms with Crippen LogP contribution in [0.25, 0.3) is 0 Å². The first-order chi connectivity index (χ1) is 9.90. The molecule has 0 unspecified atom stereocenters. The van der Waals surface area contributed by atoms with Gasteiger partial charge in [-0.25, -0.2) is 4.79 Å². The van der Waals surface area contributed by atoms with Crippen molar-refractivity contribution in [2.75, 3.05) is 13.1 Å². The SMILES string of the molecule is CCCCCCCCCCN(CC=O)C(=O)OC(C)(C)C. The highest BCUT2D eigenvalue weighted by Crippen LogP contribution is 2.12. The Morgan fingerprint density at radius 1 is 1.00 bits per heavy atom. The van der Waals surface area contributed by atoms with E-state index in [0.29, 0.717) is 6.54 Å². The molecule has 0 N–H and O–H groups in total. The summed E-state index contributed by atoms with van der Waals surface area (Å²) in [4.78, 5) is 24.1. The molecule has 0 aromatic heterocycles. The fourth-order valence-corrected chi connectivity index (χ4v) is 2.11. The topological polar surface area (TPSA) is 46.6 Å². The highest BCUT2D eigenvalue weighted by molar-refractivity contribution is 5.71. The fraction of sp³-hybridized carbons (Fsp3) is 0.882. The zero-order chi connectivity index (χ0) is 16.1. The van der Waals surface area contributed by atoms with E-state index in [0.717, 1.165) is 19.1 Å². The summed E-state index contributed by atoms with van der Waals surface area (Å²) >= 11 is 0. The van der Waals surface area contributed by atoms with Gasteiger partial charge in [0.25, 0.3) is 0 Å². The Kier molecular flexibility index (Phi) is 11.0. The molecule has 0 aliphatic rings. The van der Waals surface area contributed by atoms with Gasteiger partial charge < -0.3 is 14.4 Å².